The summed E-state index contributed by atoms with van der Waals surface area (Å²) < 4.78 is 13.3. The number of nitrogens with one attached hydrogen (secondary N) is 2. The third kappa shape index (κ3) is 5.14. The first kappa shape index (κ1) is 17.1. The van der Waals surface area contributed by atoms with Gasteiger partial charge in [-0.3, -0.25) is 0 Å². The fourth-order valence-electron chi connectivity index (χ4n) is 1.98. The van der Waals surface area contributed by atoms with Crippen LogP contribution in [0.2, 0.25) is 5.02 Å². The largest absolute Gasteiger partial charge is 0.505 e. The van der Waals surface area contributed by atoms with Crippen LogP contribution in [-0.4, -0.2) is 17.6 Å². The van der Waals surface area contributed by atoms with E-state index in [9.17, 15) is 9.50 Å². The lowest BCUT2D eigenvalue weighted by Crippen LogP contribution is -2.36. The summed E-state index contributed by atoms with van der Waals surface area (Å²) in [5.74, 6) is -0.394. The second-order valence-electron chi connectivity index (χ2n) is 4.93. The molecule has 4 nitrogen and oxygen atoms in total. The molecule has 0 fully saturated rings. The van der Waals surface area contributed by atoms with Crippen LogP contribution in [0.1, 0.15) is 18.1 Å². The molecule has 0 unspecified atom stereocenters. The Bertz CT molecular complexity index is 691. The summed E-state index contributed by atoms with van der Waals surface area (Å²) in [6.45, 7) is 3.51. The Balaban J connectivity index is 2.02. The van der Waals surface area contributed by atoms with Gasteiger partial charge in [-0.05, 0) is 36.2 Å². The molecule has 0 saturated heterocycles. The first-order valence-electron chi connectivity index (χ1n) is 7.33. The lowest BCUT2D eigenvalue weighted by molar-refractivity contribution is 0.432. The molecule has 0 atom stereocenters. The molecule has 0 aliphatic carbocycles. The molecule has 23 heavy (non-hydrogen) atoms. The predicted molar refractivity (Wildman–Crippen MR) is 91.2 cm³/mol. The third-order valence-electron chi connectivity index (χ3n) is 3.18. The molecule has 122 valence electrons. The lowest BCUT2D eigenvalue weighted by atomic mass is 10.2. The summed E-state index contributed by atoms with van der Waals surface area (Å²) in [6.07, 6.45) is 0. The summed E-state index contributed by atoms with van der Waals surface area (Å²) in [6, 6.07) is 11.8. The van der Waals surface area contributed by atoms with Crippen molar-refractivity contribution in [2.24, 2.45) is 4.99 Å². The number of hydrogen-bond acceptors (Lipinski definition) is 2. The molecule has 0 saturated carbocycles. The number of phenolic OH excluding ortho intramolecular Hbond substituents is 1. The molecule has 6 heteroatoms. The van der Waals surface area contributed by atoms with Crippen LogP contribution < -0.4 is 10.6 Å². The standard InChI is InChI=1S/C17H19ClFN3O/c1-2-20-17(22-11-13-5-3-4-6-14(13)18)21-10-12-7-8-16(23)15(19)9-12/h3-9,23H,2,10-11H2,1H3,(H2,20,21,22). The zero-order valence-corrected chi connectivity index (χ0v) is 13.6. The van der Waals surface area contributed by atoms with Gasteiger partial charge in [-0.15, -0.1) is 0 Å². The van der Waals surface area contributed by atoms with Gasteiger partial charge in [-0.1, -0.05) is 35.9 Å². The number of phenols is 1. The summed E-state index contributed by atoms with van der Waals surface area (Å²) >= 11 is 6.12. The maximum Gasteiger partial charge on any atom is 0.191 e. The van der Waals surface area contributed by atoms with E-state index in [-0.39, 0.29) is 5.75 Å². The molecule has 0 aliphatic rings. The van der Waals surface area contributed by atoms with Crippen molar-refractivity contribution in [3.63, 3.8) is 0 Å². The highest BCUT2D eigenvalue weighted by Crippen LogP contribution is 2.17. The van der Waals surface area contributed by atoms with Crippen molar-refractivity contribution in [1.82, 2.24) is 10.6 Å². The van der Waals surface area contributed by atoms with E-state index in [2.05, 4.69) is 15.6 Å². The van der Waals surface area contributed by atoms with Crippen LogP contribution in [0.3, 0.4) is 0 Å². The molecule has 0 radical (unpaired) electrons. The van der Waals surface area contributed by atoms with Crippen molar-refractivity contribution in [2.45, 2.75) is 20.0 Å². The Hall–Kier alpha value is -2.27. The highest BCUT2D eigenvalue weighted by Gasteiger charge is 2.03. The maximum atomic E-state index is 13.3. The highest BCUT2D eigenvalue weighted by molar-refractivity contribution is 6.31. The minimum atomic E-state index is -0.647. The Morgan fingerprint density at radius 2 is 2.00 bits per heavy atom. The van der Waals surface area contributed by atoms with Crippen molar-refractivity contribution in [3.8, 4) is 5.75 Å². The molecule has 0 aliphatic heterocycles. The normalized spacial score (nSPS) is 11.3. The number of benzene rings is 2. The molecule has 2 aromatic carbocycles. The molecule has 0 bridgehead atoms. The van der Waals surface area contributed by atoms with Gasteiger partial charge >= 0.3 is 0 Å². The quantitative estimate of drug-likeness (QED) is 0.579. The summed E-state index contributed by atoms with van der Waals surface area (Å²) in [7, 11) is 0. The number of guanidine groups is 1. The van der Waals surface area contributed by atoms with Gasteiger partial charge in [0.25, 0.3) is 0 Å². The van der Waals surface area contributed by atoms with E-state index < -0.39 is 5.82 Å². The van der Waals surface area contributed by atoms with Crippen LogP contribution in [0.5, 0.6) is 5.75 Å². The molecular formula is C17H19ClFN3O. The average Bonchev–Trinajstić information content (AvgIpc) is 2.54. The second-order valence-corrected chi connectivity index (χ2v) is 5.33. The molecule has 2 rings (SSSR count). The summed E-state index contributed by atoms with van der Waals surface area (Å²) in [5, 5.41) is 16.2. The Morgan fingerprint density at radius 3 is 2.70 bits per heavy atom. The van der Waals surface area contributed by atoms with Crippen molar-refractivity contribution in [1.29, 1.82) is 0 Å². The lowest BCUT2D eigenvalue weighted by Gasteiger charge is -2.12. The minimum Gasteiger partial charge on any atom is -0.505 e. The van der Waals surface area contributed by atoms with Gasteiger partial charge in [0.05, 0.1) is 6.54 Å². The van der Waals surface area contributed by atoms with Crippen LogP contribution in [0.25, 0.3) is 0 Å². The van der Waals surface area contributed by atoms with E-state index in [1.807, 2.05) is 31.2 Å². The van der Waals surface area contributed by atoms with Gasteiger partial charge in [0.2, 0.25) is 0 Å². The molecule has 3 N–H and O–H groups in total. The highest BCUT2D eigenvalue weighted by atomic mass is 35.5. The Labute approximate surface area is 140 Å². The number of aromatic hydroxyl groups is 1. The second kappa shape index (κ2) is 8.39. The summed E-state index contributed by atoms with van der Waals surface area (Å²) in [5.41, 5.74) is 1.64. The molecule has 0 heterocycles. The van der Waals surface area contributed by atoms with Crippen LogP contribution in [0, 0.1) is 5.82 Å². The predicted octanol–water partition coefficient (Wildman–Crippen LogP) is 3.44. The molecular weight excluding hydrogens is 317 g/mol. The number of halogens is 2. The topological polar surface area (TPSA) is 56.7 Å². The van der Waals surface area contributed by atoms with Crippen molar-refractivity contribution < 1.29 is 9.50 Å². The average molecular weight is 336 g/mol. The van der Waals surface area contributed by atoms with Gasteiger partial charge in [-0.25, -0.2) is 9.38 Å². The third-order valence-corrected chi connectivity index (χ3v) is 3.55. The first-order chi connectivity index (χ1) is 11.1. The number of nitrogens with zero attached hydrogens (tertiary/aromatic N) is 1. The van der Waals surface area contributed by atoms with E-state index >= 15 is 0 Å². The Kier molecular flexibility index (Phi) is 6.23. The smallest absolute Gasteiger partial charge is 0.191 e. The molecule has 0 amide bonds. The number of rotatable bonds is 5. The van der Waals surface area contributed by atoms with E-state index in [4.69, 9.17) is 11.6 Å². The fourth-order valence-corrected chi connectivity index (χ4v) is 2.18. The van der Waals surface area contributed by atoms with Gasteiger partial charge in [-0.2, -0.15) is 0 Å². The Morgan fingerprint density at radius 1 is 1.22 bits per heavy atom. The van der Waals surface area contributed by atoms with Gasteiger partial charge < -0.3 is 15.7 Å². The minimum absolute atomic E-state index is 0.301. The van der Waals surface area contributed by atoms with Crippen LogP contribution in [0.15, 0.2) is 47.5 Å². The maximum absolute atomic E-state index is 13.3. The number of aliphatic imine (C=N–C) groups is 1. The first-order valence-corrected chi connectivity index (χ1v) is 7.71. The SMILES string of the molecule is CCNC(=NCc1ccc(O)c(F)c1)NCc1ccccc1Cl. The van der Waals surface area contributed by atoms with E-state index in [0.717, 1.165) is 5.56 Å². The van der Waals surface area contributed by atoms with Gasteiger partial charge in [0.15, 0.2) is 17.5 Å². The van der Waals surface area contributed by atoms with Crippen LogP contribution >= 0.6 is 11.6 Å². The van der Waals surface area contributed by atoms with E-state index in [0.29, 0.717) is 36.2 Å². The van der Waals surface area contributed by atoms with Crippen LogP contribution in [0.4, 0.5) is 4.39 Å². The molecule has 0 aromatic heterocycles. The van der Waals surface area contributed by atoms with E-state index in [1.165, 1.54) is 12.1 Å². The van der Waals surface area contributed by atoms with Gasteiger partial charge in [0, 0.05) is 18.1 Å². The van der Waals surface area contributed by atoms with Crippen molar-refractivity contribution >= 4 is 17.6 Å². The summed E-state index contributed by atoms with van der Waals surface area (Å²) in [4.78, 5) is 4.40. The van der Waals surface area contributed by atoms with Crippen LogP contribution in [-0.2, 0) is 13.1 Å². The van der Waals surface area contributed by atoms with Gasteiger partial charge in [0.1, 0.15) is 0 Å². The monoisotopic (exact) mass is 335 g/mol. The molecule has 2 aromatic rings. The fraction of sp³-hybridized carbons (Fsp3) is 0.235. The molecule has 0 spiro atoms. The van der Waals surface area contributed by atoms with Crippen molar-refractivity contribution in [3.05, 3.63) is 64.4 Å². The zero-order valence-electron chi connectivity index (χ0n) is 12.8. The zero-order chi connectivity index (χ0) is 16.7. The van der Waals surface area contributed by atoms with Crippen molar-refractivity contribution in [2.75, 3.05) is 6.54 Å². The van der Waals surface area contributed by atoms with E-state index in [1.54, 1.807) is 6.07 Å². The number of hydrogen-bond donors (Lipinski definition) is 3.